The second-order valence-corrected chi connectivity index (χ2v) is 7.11. The molecule has 3 N–H and O–H groups in total. The van der Waals surface area contributed by atoms with Gasteiger partial charge in [-0.3, -0.25) is 4.99 Å². The van der Waals surface area contributed by atoms with Crippen LogP contribution in [-0.2, 0) is 6.42 Å². The van der Waals surface area contributed by atoms with Gasteiger partial charge >= 0.3 is 0 Å². The molecule has 2 aromatic rings. The molecule has 0 bridgehead atoms. The van der Waals surface area contributed by atoms with Crippen molar-refractivity contribution in [3.63, 3.8) is 0 Å². The average Bonchev–Trinajstić information content (AvgIpc) is 2.98. The number of hydrogen-bond donors (Lipinski definition) is 3. The number of nitrogens with one attached hydrogen (secondary N) is 3. The largest absolute Gasteiger partial charge is 0.367 e. The van der Waals surface area contributed by atoms with Crippen LogP contribution in [0.25, 0.3) is 0 Å². The van der Waals surface area contributed by atoms with Crippen LogP contribution in [0.2, 0.25) is 10.0 Å². The Morgan fingerprint density at radius 1 is 1.27 bits per heavy atom. The van der Waals surface area contributed by atoms with Crippen LogP contribution in [-0.4, -0.2) is 42.1 Å². The Hall–Kier alpha value is -0.840. The van der Waals surface area contributed by atoms with E-state index in [9.17, 15) is 0 Å². The van der Waals surface area contributed by atoms with Crippen molar-refractivity contribution in [1.82, 2.24) is 20.6 Å². The number of anilines is 1. The van der Waals surface area contributed by atoms with Gasteiger partial charge in [0, 0.05) is 44.2 Å². The predicted molar refractivity (Wildman–Crippen MR) is 123 cm³/mol. The number of nitrogens with zero attached hydrogens (tertiary/aromatic N) is 3. The van der Waals surface area contributed by atoms with Gasteiger partial charge in [-0.15, -0.1) is 35.3 Å². The number of hydrogen-bond acceptors (Lipinski definition) is 5. The lowest BCUT2D eigenvalue weighted by molar-refractivity contribution is 0.811. The zero-order valence-electron chi connectivity index (χ0n) is 14.7. The maximum absolute atomic E-state index is 6.08. The van der Waals surface area contributed by atoms with Gasteiger partial charge in [0.1, 0.15) is 5.82 Å². The van der Waals surface area contributed by atoms with Gasteiger partial charge in [0.15, 0.2) is 5.96 Å². The van der Waals surface area contributed by atoms with Crippen LogP contribution < -0.4 is 16.0 Å². The second kappa shape index (κ2) is 12.5. The fraction of sp³-hybridized carbons (Fsp3) is 0.438. The Kier molecular flexibility index (Phi) is 11.2. The Bertz CT molecular complexity index is 710. The van der Waals surface area contributed by atoms with E-state index in [1.807, 2.05) is 13.8 Å². The number of rotatable bonds is 8. The second-order valence-electron chi connectivity index (χ2n) is 5.21. The van der Waals surface area contributed by atoms with Crippen LogP contribution in [0.4, 0.5) is 5.82 Å². The van der Waals surface area contributed by atoms with E-state index in [2.05, 4.69) is 36.3 Å². The third-order valence-corrected chi connectivity index (χ3v) is 4.48. The van der Waals surface area contributed by atoms with Crippen molar-refractivity contribution >= 4 is 70.3 Å². The molecule has 2 rings (SSSR count). The summed E-state index contributed by atoms with van der Waals surface area (Å²) in [7, 11) is 0. The number of halogens is 3. The lowest BCUT2D eigenvalue weighted by Crippen LogP contribution is -2.39. The first-order valence-electron chi connectivity index (χ1n) is 8.06. The lowest BCUT2D eigenvalue weighted by atomic mass is 10.3. The van der Waals surface area contributed by atoms with E-state index in [0.29, 0.717) is 35.5 Å². The van der Waals surface area contributed by atoms with Crippen molar-refractivity contribution in [1.29, 1.82) is 0 Å². The molecule has 0 aliphatic carbocycles. The third kappa shape index (κ3) is 8.24. The molecule has 0 saturated carbocycles. The van der Waals surface area contributed by atoms with Crippen molar-refractivity contribution in [3.8, 4) is 0 Å². The Labute approximate surface area is 185 Å². The van der Waals surface area contributed by atoms with E-state index < -0.39 is 0 Å². The fourth-order valence-corrected chi connectivity index (χ4v) is 3.15. The van der Waals surface area contributed by atoms with E-state index in [1.165, 1.54) is 0 Å². The minimum Gasteiger partial charge on any atom is -0.367 e. The standard InChI is InChI=1S/C16H22Cl2N6S.HI/c1-3-19-16(21-5-4-13-10-25-11(2)24-13)22-7-6-20-15-14(18)8-12(17)9-23-15;/h8-10H,3-7H2,1-2H3,(H,20,23)(H2,19,21,22);1H. The van der Waals surface area contributed by atoms with Crippen LogP contribution in [0.3, 0.4) is 0 Å². The number of pyridine rings is 1. The smallest absolute Gasteiger partial charge is 0.191 e. The quantitative estimate of drug-likeness (QED) is 0.209. The normalized spacial score (nSPS) is 11.0. The molecule has 0 radical (unpaired) electrons. The molecule has 2 aromatic heterocycles. The highest BCUT2D eigenvalue weighted by Gasteiger charge is 2.03. The van der Waals surface area contributed by atoms with Crippen molar-refractivity contribution in [3.05, 3.63) is 38.4 Å². The molecule has 6 nitrogen and oxygen atoms in total. The highest BCUT2D eigenvalue weighted by Crippen LogP contribution is 2.21. The summed E-state index contributed by atoms with van der Waals surface area (Å²) in [5.74, 6) is 1.40. The summed E-state index contributed by atoms with van der Waals surface area (Å²) < 4.78 is 0. The summed E-state index contributed by atoms with van der Waals surface area (Å²) in [6, 6.07) is 1.66. The fourth-order valence-electron chi connectivity index (χ4n) is 2.05. The molecule has 144 valence electrons. The minimum atomic E-state index is 0. The number of thiazole rings is 1. The van der Waals surface area contributed by atoms with Crippen molar-refractivity contribution in [2.24, 2.45) is 4.99 Å². The summed E-state index contributed by atoms with van der Waals surface area (Å²) in [6.45, 7) is 6.89. The summed E-state index contributed by atoms with van der Waals surface area (Å²) in [4.78, 5) is 13.2. The van der Waals surface area contributed by atoms with Crippen molar-refractivity contribution < 1.29 is 0 Å². The van der Waals surface area contributed by atoms with Crippen molar-refractivity contribution in [2.45, 2.75) is 20.3 Å². The molecule has 0 aliphatic heterocycles. The molecule has 0 aliphatic rings. The van der Waals surface area contributed by atoms with E-state index >= 15 is 0 Å². The Morgan fingerprint density at radius 2 is 2.08 bits per heavy atom. The van der Waals surface area contributed by atoms with E-state index in [-0.39, 0.29) is 24.0 Å². The first-order chi connectivity index (χ1) is 12.1. The van der Waals surface area contributed by atoms with Gasteiger partial charge in [0.25, 0.3) is 0 Å². The molecular weight excluding hydrogens is 506 g/mol. The van der Waals surface area contributed by atoms with Gasteiger partial charge in [0.2, 0.25) is 0 Å². The zero-order chi connectivity index (χ0) is 18.1. The SMILES string of the molecule is CCNC(=NCCc1csc(C)n1)NCCNc1ncc(Cl)cc1Cl.I. The summed E-state index contributed by atoms with van der Waals surface area (Å²) in [5, 5.41) is 13.9. The number of aryl methyl sites for hydroxylation is 1. The molecule has 0 spiro atoms. The van der Waals surface area contributed by atoms with E-state index in [0.717, 1.165) is 29.6 Å². The molecule has 10 heteroatoms. The zero-order valence-corrected chi connectivity index (χ0v) is 19.3. The number of aromatic nitrogens is 2. The highest BCUT2D eigenvalue weighted by molar-refractivity contribution is 14.0. The van der Waals surface area contributed by atoms with Gasteiger partial charge in [-0.25, -0.2) is 9.97 Å². The van der Waals surface area contributed by atoms with Crippen LogP contribution in [0, 0.1) is 6.92 Å². The molecule has 0 aromatic carbocycles. The van der Waals surface area contributed by atoms with E-state index in [4.69, 9.17) is 23.2 Å². The first-order valence-corrected chi connectivity index (χ1v) is 9.70. The van der Waals surface area contributed by atoms with Gasteiger partial charge in [0.05, 0.1) is 20.7 Å². The summed E-state index contributed by atoms with van der Waals surface area (Å²) >= 11 is 13.6. The van der Waals surface area contributed by atoms with Gasteiger partial charge in [-0.05, 0) is 19.9 Å². The first kappa shape index (κ1) is 23.2. The summed E-state index contributed by atoms with van der Waals surface area (Å²) in [6.07, 6.45) is 2.40. The minimum absolute atomic E-state index is 0. The van der Waals surface area contributed by atoms with Crippen molar-refractivity contribution in [2.75, 3.05) is 31.5 Å². The van der Waals surface area contributed by atoms with Crippen LogP contribution in [0.5, 0.6) is 0 Å². The van der Waals surface area contributed by atoms with Gasteiger partial charge in [-0.1, -0.05) is 23.2 Å². The monoisotopic (exact) mass is 528 g/mol. The average molecular weight is 529 g/mol. The van der Waals surface area contributed by atoms with Crippen LogP contribution >= 0.6 is 58.5 Å². The molecule has 0 unspecified atom stereocenters. The molecule has 0 fully saturated rings. The van der Waals surface area contributed by atoms with Gasteiger partial charge < -0.3 is 16.0 Å². The molecule has 0 saturated heterocycles. The predicted octanol–water partition coefficient (Wildman–Crippen LogP) is 3.98. The van der Waals surface area contributed by atoms with Crippen LogP contribution in [0.1, 0.15) is 17.6 Å². The highest BCUT2D eigenvalue weighted by atomic mass is 127. The molecule has 0 atom stereocenters. The molecular formula is C16H23Cl2IN6S. The van der Waals surface area contributed by atoms with Gasteiger partial charge in [-0.2, -0.15) is 0 Å². The van der Waals surface area contributed by atoms with E-state index in [1.54, 1.807) is 23.6 Å². The third-order valence-electron chi connectivity index (χ3n) is 3.17. The summed E-state index contributed by atoms with van der Waals surface area (Å²) in [5.41, 5.74) is 1.09. The number of aliphatic imine (C=N–C) groups is 1. The molecule has 26 heavy (non-hydrogen) atoms. The maximum Gasteiger partial charge on any atom is 0.191 e. The lowest BCUT2D eigenvalue weighted by Gasteiger charge is -2.12. The number of guanidine groups is 1. The Balaban J connectivity index is 0.00000338. The maximum atomic E-state index is 6.08. The molecule has 0 amide bonds. The molecule has 2 heterocycles. The topological polar surface area (TPSA) is 74.2 Å². The van der Waals surface area contributed by atoms with Crippen LogP contribution in [0.15, 0.2) is 22.6 Å². The Morgan fingerprint density at radius 3 is 2.73 bits per heavy atom.